The summed E-state index contributed by atoms with van der Waals surface area (Å²) in [6.07, 6.45) is 0. The molecule has 0 radical (unpaired) electrons. The van der Waals surface area contributed by atoms with Gasteiger partial charge in [-0.05, 0) is 29.8 Å². The molecule has 0 aliphatic carbocycles. The number of anilines is 1. The van der Waals surface area contributed by atoms with E-state index in [1.807, 2.05) is 24.3 Å². The number of hydrogen-bond acceptors (Lipinski definition) is 4. The molecule has 2 amide bonds. The van der Waals surface area contributed by atoms with Crippen LogP contribution in [0.1, 0.15) is 15.9 Å². The lowest BCUT2D eigenvalue weighted by Gasteiger charge is -2.28. The van der Waals surface area contributed by atoms with Crippen LogP contribution in [0.15, 0.2) is 53.4 Å². The van der Waals surface area contributed by atoms with Crippen molar-refractivity contribution in [2.75, 3.05) is 17.2 Å². The topological polar surface area (TPSA) is 86.7 Å². The predicted molar refractivity (Wildman–Crippen MR) is 94.8 cm³/mol. The molecule has 128 valence electrons. The molecule has 1 heterocycles. The minimum Gasteiger partial charge on any atom is -0.478 e. The van der Waals surface area contributed by atoms with Gasteiger partial charge in [-0.1, -0.05) is 24.3 Å². The molecule has 0 spiro atoms. The lowest BCUT2D eigenvalue weighted by molar-refractivity contribution is -0.123. The second kappa shape index (κ2) is 7.40. The summed E-state index contributed by atoms with van der Waals surface area (Å²) >= 11 is 1.46. The molecule has 0 bridgehead atoms. The highest BCUT2D eigenvalue weighted by molar-refractivity contribution is 8.00. The first-order chi connectivity index (χ1) is 12.0. The number of amides is 2. The van der Waals surface area contributed by atoms with Crippen molar-refractivity contribution in [1.29, 1.82) is 0 Å². The number of thioether (sulfide) groups is 1. The molecule has 25 heavy (non-hydrogen) atoms. The van der Waals surface area contributed by atoms with Gasteiger partial charge < -0.3 is 15.3 Å². The van der Waals surface area contributed by atoms with Gasteiger partial charge in [-0.15, -0.1) is 11.8 Å². The number of benzene rings is 2. The maximum Gasteiger partial charge on any atom is 0.335 e. The first-order valence-electron chi connectivity index (χ1n) is 7.66. The molecule has 2 N–H and O–H groups in total. The maximum atomic E-state index is 12.2. The summed E-state index contributed by atoms with van der Waals surface area (Å²) in [7, 11) is 0. The highest BCUT2D eigenvalue weighted by Crippen LogP contribution is 2.34. The molecule has 0 fully saturated rings. The summed E-state index contributed by atoms with van der Waals surface area (Å²) in [4.78, 5) is 37.8. The van der Waals surface area contributed by atoms with Crippen molar-refractivity contribution < 1.29 is 19.5 Å². The van der Waals surface area contributed by atoms with Crippen molar-refractivity contribution in [3.63, 3.8) is 0 Å². The molecule has 1 aliphatic heterocycles. The Morgan fingerprint density at radius 2 is 1.96 bits per heavy atom. The van der Waals surface area contributed by atoms with Crippen molar-refractivity contribution in [3.05, 3.63) is 59.7 Å². The molecular weight excluding hydrogens is 340 g/mol. The number of hydrogen-bond donors (Lipinski definition) is 2. The summed E-state index contributed by atoms with van der Waals surface area (Å²) in [6, 6.07) is 13.9. The van der Waals surface area contributed by atoms with Gasteiger partial charge in [0.05, 0.1) is 17.0 Å². The van der Waals surface area contributed by atoms with Gasteiger partial charge in [0, 0.05) is 11.4 Å². The molecular formula is C18H16N2O4S. The SMILES string of the molecule is O=C(CN1C(=O)CSc2ccccc21)NCc1cccc(C(=O)O)c1. The van der Waals surface area contributed by atoms with E-state index in [0.717, 1.165) is 10.6 Å². The monoisotopic (exact) mass is 356 g/mol. The fourth-order valence-corrected chi connectivity index (χ4v) is 3.48. The lowest BCUT2D eigenvalue weighted by atomic mass is 10.1. The van der Waals surface area contributed by atoms with E-state index in [1.54, 1.807) is 12.1 Å². The van der Waals surface area contributed by atoms with Crippen LogP contribution in [-0.4, -0.2) is 35.2 Å². The van der Waals surface area contributed by atoms with E-state index < -0.39 is 5.97 Å². The molecule has 0 saturated heterocycles. The fraction of sp³-hybridized carbons (Fsp3) is 0.167. The molecule has 2 aromatic carbocycles. The average molecular weight is 356 g/mol. The van der Waals surface area contributed by atoms with Crippen LogP contribution in [0.25, 0.3) is 0 Å². The molecule has 1 aliphatic rings. The second-order valence-electron chi connectivity index (χ2n) is 5.52. The highest BCUT2D eigenvalue weighted by Gasteiger charge is 2.26. The Bertz CT molecular complexity index is 837. The van der Waals surface area contributed by atoms with E-state index in [4.69, 9.17) is 5.11 Å². The number of nitrogens with one attached hydrogen (secondary N) is 1. The van der Waals surface area contributed by atoms with Crippen LogP contribution in [0.4, 0.5) is 5.69 Å². The second-order valence-corrected chi connectivity index (χ2v) is 6.54. The Hall–Kier alpha value is -2.80. The third-order valence-corrected chi connectivity index (χ3v) is 4.82. The van der Waals surface area contributed by atoms with E-state index in [-0.39, 0.29) is 30.5 Å². The summed E-state index contributed by atoms with van der Waals surface area (Å²) in [5.74, 6) is -1.10. The smallest absolute Gasteiger partial charge is 0.335 e. The van der Waals surface area contributed by atoms with E-state index >= 15 is 0 Å². The number of aromatic carboxylic acids is 1. The quantitative estimate of drug-likeness (QED) is 0.857. The van der Waals surface area contributed by atoms with Gasteiger partial charge >= 0.3 is 5.97 Å². The van der Waals surface area contributed by atoms with Gasteiger partial charge in [0.2, 0.25) is 11.8 Å². The third kappa shape index (κ3) is 4.00. The zero-order valence-corrected chi connectivity index (χ0v) is 14.1. The lowest BCUT2D eigenvalue weighted by Crippen LogP contribution is -2.43. The number of carbonyl (C=O) groups is 3. The maximum absolute atomic E-state index is 12.2. The standard InChI is InChI=1S/C18H16N2O4S/c21-16(19-9-12-4-3-5-13(8-12)18(23)24)10-20-14-6-1-2-7-15(14)25-11-17(20)22/h1-8H,9-11H2,(H,19,21)(H,23,24). The number of para-hydroxylation sites is 1. The minimum absolute atomic E-state index is 0.0605. The first-order valence-corrected chi connectivity index (χ1v) is 8.64. The van der Waals surface area contributed by atoms with E-state index in [1.165, 1.54) is 28.8 Å². The van der Waals surface area contributed by atoms with Crippen molar-refractivity contribution in [1.82, 2.24) is 5.32 Å². The van der Waals surface area contributed by atoms with Gasteiger partial charge in [0.15, 0.2) is 0 Å². The van der Waals surface area contributed by atoms with Crippen LogP contribution in [0, 0.1) is 0 Å². The Morgan fingerprint density at radius 1 is 1.16 bits per heavy atom. The van der Waals surface area contributed by atoms with Gasteiger partial charge in [-0.25, -0.2) is 4.79 Å². The third-order valence-electron chi connectivity index (χ3n) is 3.77. The molecule has 7 heteroatoms. The van der Waals surface area contributed by atoms with Crippen LogP contribution >= 0.6 is 11.8 Å². The number of carbonyl (C=O) groups excluding carboxylic acids is 2. The summed E-state index contributed by atoms with van der Waals surface area (Å²) in [5, 5.41) is 11.7. The Balaban J connectivity index is 1.64. The molecule has 0 aromatic heterocycles. The van der Waals surface area contributed by atoms with Gasteiger partial charge in [0.25, 0.3) is 0 Å². The van der Waals surface area contributed by atoms with Crippen molar-refractivity contribution in [3.8, 4) is 0 Å². The molecule has 0 saturated carbocycles. The Morgan fingerprint density at radius 3 is 2.76 bits per heavy atom. The number of carboxylic acids is 1. The summed E-state index contributed by atoms with van der Waals surface area (Å²) < 4.78 is 0. The van der Waals surface area contributed by atoms with Crippen molar-refractivity contribution in [2.24, 2.45) is 0 Å². The van der Waals surface area contributed by atoms with Crippen LogP contribution < -0.4 is 10.2 Å². The van der Waals surface area contributed by atoms with Crippen LogP contribution in [0.3, 0.4) is 0 Å². The van der Waals surface area contributed by atoms with E-state index in [0.29, 0.717) is 11.3 Å². The summed E-state index contributed by atoms with van der Waals surface area (Å²) in [6.45, 7) is 0.146. The molecule has 3 rings (SSSR count). The Labute approximate surface area is 148 Å². The molecule has 0 unspecified atom stereocenters. The number of carboxylic acid groups (broad SMARTS) is 1. The number of nitrogens with zero attached hydrogens (tertiary/aromatic N) is 1. The van der Waals surface area contributed by atoms with Crippen LogP contribution in [0.5, 0.6) is 0 Å². The highest BCUT2D eigenvalue weighted by atomic mass is 32.2. The van der Waals surface area contributed by atoms with Crippen LogP contribution in [-0.2, 0) is 16.1 Å². The van der Waals surface area contributed by atoms with E-state index in [9.17, 15) is 14.4 Å². The van der Waals surface area contributed by atoms with Crippen LogP contribution in [0.2, 0.25) is 0 Å². The first kappa shape index (κ1) is 17.0. The predicted octanol–water partition coefficient (Wildman–Crippen LogP) is 2.14. The average Bonchev–Trinajstić information content (AvgIpc) is 2.62. The van der Waals surface area contributed by atoms with E-state index in [2.05, 4.69) is 5.32 Å². The molecule has 6 nitrogen and oxygen atoms in total. The fourth-order valence-electron chi connectivity index (χ4n) is 2.54. The van der Waals surface area contributed by atoms with Crippen molar-refractivity contribution >= 4 is 35.2 Å². The normalized spacial score (nSPS) is 13.3. The van der Waals surface area contributed by atoms with Gasteiger partial charge in [-0.2, -0.15) is 0 Å². The van der Waals surface area contributed by atoms with Crippen molar-refractivity contribution in [2.45, 2.75) is 11.4 Å². The minimum atomic E-state index is -1.01. The zero-order chi connectivity index (χ0) is 17.8. The number of fused-ring (bicyclic) bond motifs is 1. The zero-order valence-electron chi connectivity index (χ0n) is 13.3. The Kier molecular flexibility index (Phi) is 5.04. The molecule has 0 atom stereocenters. The molecule has 2 aromatic rings. The van der Waals surface area contributed by atoms with Gasteiger partial charge in [0.1, 0.15) is 6.54 Å². The summed E-state index contributed by atoms with van der Waals surface area (Å²) in [5.41, 5.74) is 1.60. The largest absolute Gasteiger partial charge is 0.478 e. The number of rotatable bonds is 5. The van der Waals surface area contributed by atoms with Gasteiger partial charge in [-0.3, -0.25) is 9.59 Å².